The standard InChI is InChI=1S/C11H12N4O3/c1-7-2-10(16)15(6-13-7)4-9-3-8(5-18-9)11(17)14-12/h2-3,5-6H,4,12H2,1H3,(H,14,17). The van der Waals surface area contributed by atoms with Gasteiger partial charge in [0.25, 0.3) is 11.5 Å². The zero-order chi connectivity index (χ0) is 13.1. The first-order valence-corrected chi connectivity index (χ1v) is 5.21. The van der Waals surface area contributed by atoms with Crippen molar-refractivity contribution in [1.82, 2.24) is 15.0 Å². The highest BCUT2D eigenvalue weighted by molar-refractivity contribution is 5.93. The summed E-state index contributed by atoms with van der Waals surface area (Å²) in [6.07, 6.45) is 2.72. The first-order valence-electron chi connectivity index (χ1n) is 5.21. The lowest BCUT2D eigenvalue weighted by molar-refractivity contribution is 0.0953. The fraction of sp³-hybridized carbons (Fsp3) is 0.182. The normalized spacial score (nSPS) is 10.3. The molecule has 2 rings (SSSR count). The molecule has 0 saturated heterocycles. The number of furan rings is 1. The molecule has 2 heterocycles. The molecule has 3 N–H and O–H groups in total. The van der Waals surface area contributed by atoms with E-state index >= 15 is 0 Å². The van der Waals surface area contributed by atoms with Crippen molar-refractivity contribution < 1.29 is 9.21 Å². The van der Waals surface area contributed by atoms with E-state index in [0.717, 1.165) is 0 Å². The monoisotopic (exact) mass is 248 g/mol. The van der Waals surface area contributed by atoms with Crippen LogP contribution in [0.3, 0.4) is 0 Å². The average molecular weight is 248 g/mol. The number of aryl methyl sites for hydroxylation is 1. The zero-order valence-electron chi connectivity index (χ0n) is 9.71. The number of nitrogens with zero attached hydrogens (tertiary/aromatic N) is 2. The number of hydrazine groups is 1. The number of rotatable bonds is 3. The zero-order valence-corrected chi connectivity index (χ0v) is 9.71. The Morgan fingerprint density at radius 1 is 1.56 bits per heavy atom. The van der Waals surface area contributed by atoms with Crippen LogP contribution < -0.4 is 16.8 Å². The molecule has 0 aliphatic heterocycles. The maximum atomic E-state index is 11.6. The quantitative estimate of drug-likeness (QED) is 0.444. The minimum atomic E-state index is -0.445. The Kier molecular flexibility index (Phi) is 3.24. The van der Waals surface area contributed by atoms with E-state index in [1.54, 1.807) is 6.92 Å². The molecular formula is C11H12N4O3. The van der Waals surface area contributed by atoms with Gasteiger partial charge in [0, 0.05) is 11.8 Å². The second kappa shape index (κ2) is 4.84. The van der Waals surface area contributed by atoms with Crippen molar-refractivity contribution in [3.63, 3.8) is 0 Å². The van der Waals surface area contributed by atoms with E-state index < -0.39 is 5.91 Å². The van der Waals surface area contributed by atoms with E-state index in [0.29, 0.717) is 17.0 Å². The van der Waals surface area contributed by atoms with Crippen molar-refractivity contribution in [2.24, 2.45) is 5.84 Å². The molecule has 94 valence electrons. The Labute approximate surface area is 102 Å². The summed E-state index contributed by atoms with van der Waals surface area (Å²) in [4.78, 5) is 26.9. The molecule has 0 atom stereocenters. The number of nitrogens with one attached hydrogen (secondary N) is 1. The second-order valence-electron chi connectivity index (χ2n) is 3.77. The molecule has 7 nitrogen and oxygen atoms in total. The summed E-state index contributed by atoms with van der Waals surface area (Å²) in [6.45, 7) is 1.95. The van der Waals surface area contributed by atoms with Crippen molar-refractivity contribution in [3.05, 3.63) is 52.1 Å². The second-order valence-corrected chi connectivity index (χ2v) is 3.77. The Balaban J connectivity index is 2.21. The molecule has 0 unspecified atom stereocenters. The molecule has 0 fully saturated rings. The van der Waals surface area contributed by atoms with Crippen LogP contribution in [-0.2, 0) is 6.54 Å². The lowest BCUT2D eigenvalue weighted by atomic mass is 10.3. The first-order chi connectivity index (χ1) is 8.60. The van der Waals surface area contributed by atoms with E-state index in [1.165, 1.54) is 29.3 Å². The largest absolute Gasteiger partial charge is 0.467 e. The van der Waals surface area contributed by atoms with Crippen LogP contribution in [0, 0.1) is 6.92 Å². The molecule has 0 spiro atoms. The lowest BCUT2D eigenvalue weighted by Crippen LogP contribution is -2.29. The molecular weight excluding hydrogens is 236 g/mol. The summed E-state index contributed by atoms with van der Waals surface area (Å²) in [5, 5.41) is 0. The maximum Gasteiger partial charge on any atom is 0.268 e. The van der Waals surface area contributed by atoms with Gasteiger partial charge < -0.3 is 4.42 Å². The van der Waals surface area contributed by atoms with E-state index in [-0.39, 0.29) is 12.1 Å². The van der Waals surface area contributed by atoms with Crippen LogP contribution in [-0.4, -0.2) is 15.5 Å². The molecule has 18 heavy (non-hydrogen) atoms. The minimum absolute atomic E-state index is 0.177. The van der Waals surface area contributed by atoms with Gasteiger partial charge in [0.2, 0.25) is 0 Å². The molecule has 1 amide bonds. The predicted molar refractivity (Wildman–Crippen MR) is 62.7 cm³/mol. The van der Waals surface area contributed by atoms with Crippen LogP contribution >= 0.6 is 0 Å². The fourth-order valence-corrected chi connectivity index (χ4v) is 1.47. The Morgan fingerprint density at radius 3 is 3.00 bits per heavy atom. The maximum absolute atomic E-state index is 11.6. The van der Waals surface area contributed by atoms with Crippen LogP contribution in [0.4, 0.5) is 0 Å². The van der Waals surface area contributed by atoms with E-state index in [2.05, 4.69) is 4.98 Å². The number of hydrogen-bond donors (Lipinski definition) is 2. The number of hydrogen-bond acceptors (Lipinski definition) is 5. The number of aromatic nitrogens is 2. The van der Waals surface area contributed by atoms with Crippen molar-refractivity contribution in [3.8, 4) is 0 Å². The molecule has 0 bridgehead atoms. The number of carbonyl (C=O) groups excluding carboxylic acids is 1. The van der Waals surface area contributed by atoms with Crippen molar-refractivity contribution in [1.29, 1.82) is 0 Å². The molecule has 2 aromatic rings. The Morgan fingerprint density at radius 2 is 2.33 bits per heavy atom. The van der Waals surface area contributed by atoms with Gasteiger partial charge in [-0.2, -0.15) is 0 Å². The van der Waals surface area contributed by atoms with E-state index in [9.17, 15) is 9.59 Å². The molecule has 2 aromatic heterocycles. The Hall–Kier alpha value is -2.41. The van der Waals surface area contributed by atoms with Gasteiger partial charge in [-0.3, -0.25) is 19.6 Å². The third kappa shape index (κ3) is 2.46. The number of nitrogens with two attached hydrogens (primary N) is 1. The average Bonchev–Trinajstić information content (AvgIpc) is 2.80. The third-order valence-corrected chi connectivity index (χ3v) is 2.39. The highest BCUT2D eigenvalue weighted by atomic mass is 16.3. The Bertz CT molecular complexity index is 629. The lowest BCUT2D eigenvalue weighted by Gasteiger charge is -2.01. The third-order valence-electron chi connectivity index (χ3n) is 2.39. The summed E-state index contributed by atoms with van der Waals surface area (Å²) in [7, 11) is 0. The molecule has 0 aromatic carbocycles. The highest BCUT2D eigenvalue weighted by Crippen LogP contribution is 2.08. The SMILES string of the molecule is Cc1cc(=O)n(Cc2cc(C(=O)NN)co2)cn1. The van der Waals surface area contributed by atoms with Gasteiger partial charge >= 0.3 is 0 Å². The van der Waals surface area contributed by atoms with E-state index in [4.69, 9.17) is 10.3 Å². The number of nitrogen functional groups attached to an aromatic ring is 1. The first kappa shape index (κ1) is 12.1. The van der Waals surface area contributed by atoms with Gasteiger partial charge in [0.1, 0.15) is 12.0 Å². The summed E-state index contributed by atoms with van der Waals surface area (Å²) < 4.78 is 6.56. The molecule has 0 saturated carbocycles. The molecule has 0 aliphatic rings. The molecule has 7 heteroatoms. The van der Waals surface area contributed by atoms with E-state index in [1.807, 2.05) is 5.43 Å². The summed E-state index contributed by atoms with van der Waals surface area (Å²) in [5.74, 6) is 5.03. The van der Waals surface area contributed by atoms with Gasteiger partial charge in [0.05, 0.1) is 18.4 Å². The van der Waals surface area contributed by atoms with Gasteiger partial charge in [-0.15, -0.1) is 0 Å². The fourth-order valence-electron chi connectivity index (χ4n) is 1.47. The van der Waals surface area contributed by atoms with Gasteiger partial charge in [-0.25, -0.2) is 10.8 Å². The van der Waals surface area contributed by atoms with Crippen molar-refractivity contribution in [2.45, 2.75) is 13.5 Å². The van der Waals surface area contributed by atoms with Crippen LogP contribution in [0.15, 0.2) is 33.9 Å². The van der Waals surface area contributed by atoms with Crippen LogP contribution in [0.25, 0.3) is 0 Å². The highest BCUT2D eigenvalue weighted by Gasteiger charge is 2.09. The van der Waals surface area contributed by atoms with Gasteiger partial charge in [0.15, 0.2) is 0 Å². The summed E-state index contributed by atoms with van der Waals surface area (Å²) in [6, 6.07) is 2.95. The predicted octanol–water partition coefficient (Wildman–Crippen LogP) is -0.203. The van der Waals surface area contributed by atoms with Gasteiger partial charge in [-0.05, 0) is 13.0 Å². The van der Waals surface area contributed by atoms with Crippen LogP contribution in [0.5, 0.6) is 0 Å². The van der Waals surface area contributed by atoms with Crippen molar-refractivity contribution in [2.75, 3.05) is 0 Å². The van der Waals surface area contributed by atoms with Crippen molar-refractivity contribution >= 4 is 5.91 Å². The molecule has 0 aliphatic carbocycles. The van der Waals surface area contributed by atoms with Crippen LogP contribution in [0.1, 0.15) is 21.8 Å². The summed E-state index contributed by atoms with van der Waals surface area (Å²) >= 11 is 0. The topological polar surface area (TPSA) is 103 Å². The van der Waals surface area contributed by atoms with Crippen LogP contribution in [0.2, 0.25) is 0 Å². The molecule has 0 radical (unpaired) electrons. The van der Waals surface area contributed by atoms with Gasteiger partial charge in [-0.1, -0.05) is 0 Å². The summed E-state index contributed by atoms with van der Waals surface area (Å²) in [5.41, 5.74) is 2.78. The minimum Gasteiger partial charge on any atom is -0.467 e. The number of carbonyl (C=O) groups is 1. The number of amides is 1. The smallest absolute Gasteiger partial charge is 0.268 e.